The molecule has 0 saturated heterocycles. The summed E-state index contributed by atoms with van der Waals surface area (Å²) in [6.07, 6.45) is 0.418. The van der Waals surface area contributed by atoms with Crippen molar-refractivity contribution in [3.63, 3.8) is 0 Å². The molecule has 0 aliphatic rings. The maximum atomic E-state index is 9.93. The van der Waals surface area contributed by atoms with Crippen molar-refractivity contribution in [2.75, 3.05) is 26.9 Å². The third kappa shape index (κ3) is 6.37. The molecule has 0 saturated carbocycles. The van der Waals surface area contributed by atoms with Gasteiger partial charge >= 0.3 is 0 Å². The molecule has 0 aromatic heterocycles. The third-order valence-corrected chi connectivity index (χ3v) is 3.23. The van der Waals surface area contributed by atoms with Gasteiger partial charge in [0.05, 0.1) is 0 Å². The molecule has 1 aromatic carbocycles. The van der Waals surface area contributed by atoms with E-state index in [9.17, 15) is 5.11 Å². The van der Waals surface area contributed by atoms with Crippen molar-refractivity contribution >= 4 is 0 Å². The second-order valence-corrected chi connectivity index (χ2v) is 5.32. The first kappa shape index (κ1) is 17.0. The zero-order chi connectivity index (χ0) is 15.0. The Morgan fingerprint density at radius 3 is 2.75 bits per heavy atom. The molecule has 20 heavy (non-hydrogen) atoms. The van der Waals surface area contributed by atoms with Gasteiger partial charge in [-0.1, -0.05) is 12.1 Å². The van der Waals surface area contributed by atoms with Crippen LogP contribution in [0.4, 0.5) is 0 Å². The van der Waals surface area contributed by atoms with E-state index in [2.05, 4.69) is 18.3 Å². The molecule has 0 amide bonds. The van der Waals surface area contributed by atoms with Gasteiger partial charge in [-0.15, -0.1) is 0 Å². The van der Waals surface area contributed by atoms with Crippen LogP contribution in [0.3, 0.4) is 0 Å². The first-order valence-corrected chi connectivity index (χ1v) is 7.13. The highest BCUT2D eigenvalue weighted by molar-refractivity contribution is 5.35. The van der Waals surface area contributed by atoms with Gasteiger partial charge in [0.1, 0.15) is 18.5 Å². The predicted octanol–water partition coefficient (Wildman–Crippen LogP) is 2.06. The van der Waals surface area contributed by atoms with E-state index in [4.69, 9.17) is 9.47 Å². The SMILES string of the molecule is COCCC(C)NCC(O)COc1cc(C)ccc1C. The standard InChI is InChI=1S/C16H27NO3/c1-12-5-6-13(2)16(9-12)20-11-15(18)10-17-14(3)7-8-19-4/h5-6,9,14-15,17-18H,7-8,10-11H2,1-4H3. The van der Waals surface area contributed by atoms with Crippen LogP contribution in [0.2, 0.25) is 0 Å². The van der Waals surface area contributed by atoms with Crippen LogP contribution in [-0.2, 0) is 4.74 Å². The normalized spacial score (nSPS) is 14.1. The van der Waals surface area contributed by atoms with Crippen LogP contribution < -0.4 is 10.1 Å². The zero-order valence-electron chi connectivity index (χ0n) is 13.0. The lowest BCUT2D eigenvalue weighted by Crippen LogP contribution is -2.37. The third-order valence-electron chi connectivity index (χ3n) is 3.23. The van der Waals surface area contributed by atoms with Crippen molar-refractivity contribution in [2.45, 2.75) is 39.3 Å². The molecule has 0 fully saturated rings. The van der Waals surface area contributed by atoms with Gasteiger partial charge in [-0.2, -0.15) is 0 Å². The number of hydrogen-bond donors (Lipinski definition) is 2. The fourth-order valence-corrected chi connectivity index (χ4v) is 1.84. The Labute approximate surface area is 122 Å². The van der Waals surface area contributed by atoms with E-state index in [1.165, 1.54) is 0 Å². The fraction of sp³-hybridized carbons (Fsp3) is 0.625. The Morgan fingerprint density at radius 1 is 1.30 bits per heavy atom. The Kier molecular flexibility index (Phi) is 7.59. The van der Waals surface area contributed by atoms with E-state index in [0.717, 1.165) is 29.9 Å². The van der Waals surface area contributed by atoms with Gasteiger partial charge in [0.25, 0.3) is 0 Å². The molecular weight excluding hydrogens is 254 g/mol. The van der Waals surface area contributed by atoms with Gasteiger partial charge in [0.15, 0.2) is 0 Å². The summed E-state index contributed by atoms with van der Waals surface area (Å²) >= 11 is 0. The van der Waals surface area contributed by atoms with Crippen molar-refractivity contribution in [2.24, 2.45) is 0 Å². The van der Waals surface area contributed by atoms with Crippen molar-refractivity contribution in [1.82, 2.24) is 5.32 Å². The van der Waals surface area contributed by atoms with E-state index in [-0.39, 0.29) is 0 Å². The molecule has 0 bridgehead atoms. The summed E-state index contributed by atoms with van der Waals surface area (Å²) in [5.41, 5.74) is 2.25. The zero-order valence-corrected chi connectivity index (χ0v) is 13.0. The number of methoxy groups -OCH3 is 1. The summed E-state index contributed by atoms with van der Waals surface area (Å²) in [4.78, 5) is 0. The van der Waals surface area contributed by atoms with Crippen LogP contribution >= 0.6 is 0 Å². The Hall–Kier alpha value is -1.10. The number of aryl methyl sites for hydroxylation is 2. The van der Waals surface area contributed by atoms with Crippen LogP contribution in [0.1, 0.15) is 24.5 Å². The average molecular weight is 281 g/mol. The van der Waals surface area contributed by atoms with Crippen molar-refractivity contribution in [3.05, 3.63) is 29.3 Å². The number of aliphatic hydroxyl groups excluding tert-OH is 1. The molecule has 0 spiro atoms. The largest absolute Gasteiger partial charge is 0.491 e. The number of benzene rings is 1. The lowest BCUT2D eigenvalue weighted by Gasteiger charge is -2.18. The first-order chi connectivity index (χ1) is 9.52. The molecular formula is C16H27NO3. The summed E-state index contributed by atoms with van der Waals surface area (Å²) in [5, 5.41) is 13.2. The average Bonchev–Trinajstić information content (AvgIpc) is 2.43. The van der Waals surface area contributed by atoms with E-state index in [1.807, 2.05) is 26.0 Å². The molecule has 0 heterocycles. The molecule has 0 radical (unpaired) electrons. The van der Waals surface area contributed by atoms with E-state index < -0.39 is 6.10 Å². The maximum absolute atomic E-state index is 9.93. The van der Waals surface area contributed by atoms with Crippen molar-refractivity contribution < 1.29 is 14.6 Å². The summed E-state index contributed by atoms with van der Waals surface area (Å²) in [5.74, 6) is 0.844. The van der Waals surface area contributed by atoms with E-state index in [0.29, 0.717) is 19.2 Å². The van der Waals surface area contributed by atoms with E-state index in [1.54, 1.807) is 7.11 Å². The minimum atomic E-state index is -0.514. The fourth-order valence-electron chi connectivity index (χ4n) is 1.84. The molecule has 2 atom stereocenters. The maximum Gasteiger partial charge on any atom is 0.122 e. The molecule has 4 nitrogen and oxygen atoms in total. The van der Waals surface area contributed by atoms with Crippen LogP contribution in [0.25, 0.3) is 0 Å². The lowest BCUT2D eigenvalue weighted by atomic mass is 10.1. The van der Waals surface area contributed by atoms with Crippen LogP contribution in [0.5, 0.6) is 5.75 Å². The summed E-state index contributed by atoms with van der Waals surface area (Å²) in [7, 11) is 1.69. The number of aliphatic hydroxyl groups is 1. The minimum absolute atomic E-state index is 0.300. The number of ether oxygens (including phenoxy) is 2. The van der Waals surface area contributed by atoms with Gasteiger partial charge in [-0.25, -0.2) is 0 Å². The smallest absolute Gasteiger partial charge is 0.122 e. The monoisotopic (exact) mass is 281 g/mol. The van der Waals surface area contributed by atoms with Crippen LogP contribution in [-0.4, -0.2) is 44.1 Å². The van der Waals surface area contributed by atoms with Crippen LogP contribution in [0, 0.1) is 13.8 Å². The Morgan fingerprint density at radius 2 is 2.05 bits per heavy atom. The summed E-state index contributed by atoms with van der Waals surface area (Å²) in [6.45, 7) is 7.67. The molecule has 2 unspecified atom stereocenters. The highest BCUT2D eigenvalue weighted by Crippen LogP contribution is 2.19. The highest BCUT2D eigenvalue weighted by atomic mass is 16.5. The quantitative estimate of drug-likeness (QED) is 0.727. The second kappa shape index (κ2) is 8.95. The molecule has 0 aliphatic carbocycles. The Bertz CT molecular complexity index is 395. The summed E-state index contributed by atoms with van der Waals surface area (Å²) in [6, 6.07) is 6.40. The van der Waals surface area contributed by atoms with E-state index >= 15 is 0 Å². The molecule has 0 aliphatic heterocycles. The van der Waals surface area contributed by atoms with Crippen molar-refractivity contribution in [3.8, 4) is 5.75 Å². The Balaban J connectivity index is 2.29. The molecule has 2 N–H and O–H groups in total. The predicted molar refractivity (Wildman–Crippen MR) is 81.4 cm³/mol. The molecule has 1 rings (SSSR count). The van der Waals surface area contributed by atoms with Crippen LogP contribution in [0.15, 0.2) is 18.2 Å². The van der Waals surface area contributed by atoms with Gasteiger partial charge in [0.2, 0.25) is 0 Å². The summed E-state index contributed by atoms with van der Waals surface area (Å²) < 4.78 is 10.7. The van der Waals surface area contributed by atoms with Gasteiger partial charge in [0, 0.05) is 26.3 Å². The molecule has 1 aromatic rings. The van der Waals surface area contributed by atoms with Gasteiger partial charge in [-0.3, -0.25) is 0 Å². The topological polar surface area (TPSA) is 50.7 Å². The second-order valence-electron chi connectivity index (χ2n) is 5.32. The molecule has 4 heteroatoms. The minimum Gasteiger partial charge on any atom is -0.491 e. The number of rotatable bonds is 9. The highest BCUT2D eigenvalue weighted by Gasteiger charge is 2.09. The van der Waals surface area contributed by atoms with Gasteiger partial charge in [-0.05, 0) is 44.4 Å². The van der Waals surface area contributed by atoms with Crippen molar-refractivity contribution in [1.29, 1.82) is 0 Å². The lowest BCUT2D eigenvalue weighted by molar-refractivity contribution is 0.101. The number of nitrogens with one attached hydrogen (secondary N) is 1. The first-order valence-electron chi connectivity index (χ1n) is 7.13. The van der Waals surface area contributed by atoms with Gasteiger partial charge < -0.3 is 19.9 Å². The molecule has 114 valence electrons. The number of hydrogen-bond acceptors (Lipinski definition) is 4.